The molecule has 0 radical (unpaired) electrons. The fourth-order valence-corrected chi connectivity index (χ4v) is 2.87. The summed E-state index contributed by atoms with van der Waals surface area (Å²) < 4.78 is 15.6. The SMILES string of the molecule is COc1cc(CC2COc3cc(OC)c(O)c(O)c3C2=O)ccc1O. The van der Waals surface area contributed by atoms with Crippen molar-refractivity contribution in [2.75, 3.05) is 20.8 Å². The van der Waals surface area contributed by atoms with Gasteiger partial charge in [-0.3, -0.25) is 4.79 Å². The van der Waals surface area contributed by atoms with Gasteiger partial charge in [-0.05, 0) is 24.1 Å². The summed E-state index contributed by atoms with van der Waals surface area (Å²) in [4.78, 5) is 12.7. The van der Waals surface area contributed by atoms with Crippen LogP contribution in [0.5, 0.6) is 34.5 Å². The average molecular weight is 346 g/mol. The van der Waals surface area contributed by atoms with Gasteiger partial charge in [0.05, 0.1) is 26.7 Å². The molecule has 0 amide bonds. The van der Waals surface area contributed by atoms with Crippen molar-refractivity contribution in [3.8, 4) is 34.5 Å². The number of ketones is 1. The molecule has 7 nitrogen and oxygen atoms in total. The molecule has 132 valence electrons. The van der Waals surface area contributed by atoms with E-state index >= 15 is 0 Å². The molecule has 0 spiro atoms. The van der Waals surface area contributed by atoms with E-state index in [-0.39, 0.29) is 35.2 Å². The lowest BCUT2D eigenvalue weighted by Crippen LogP contribution is -2.29. The zero-order valence-corrected chi connectivity index (χ0v) is 13.8. The smallest absolute Gasteiger partial charge is 0.201 e. The van der Waals surface area contributed by atoms with Crippen LogP contribution in [0.4, 0.5) is 0 Å². The van der Waals surface area contributed by atoms with Gasteiger partial charge in [-0.1, -0.05) is 6.07 Å². The Morgan fingerprint density at radius 2 is 1.80 bits per heavy atom. The van der Waals surface area contributed by atoms with E-state index in [2.05, 4.69) is 0 Å². The van der Waals surface area contributed by atoms with Gasteiger partial charge in [-0.25, -0.2) is 0 Å². The average Bonchev–Trinajstić information content (AvgIpc) is 2.61. The lowest BCUT2D eigenvalue weighted by Gasteiger charge is -2.25. The summed E-state index contributed by atoms with van der Waals surface area (Å²) >= 11 is 0. The molecule has 1 heterocycles. The quantitative estimate of drug-likeness (QED) is 0.729. The summed E-state index contributed by atoms with van der Waals surface area (Å²) in [6, 6.07) is 6.20. The minimum absolute atomic E-state index is 0.0116. The highest BCUT2D eigenvalue weighted by Crippen LogP contribution is 2.46. The maximum absolute atomic E-state index is 12.7. The Kier molecular flexibility index (Phi) is 4.31. The van der Waals surface area contributed by atoms with E-state index in [1.165, 1.54) is 26.4 Å². The van der Waals surface area contributed by atoms with Gasteiger partial charge >= 0.3 is 0 Å². The molecular formula is C18H18O7. The third-order valence-electron chi connectivity index (χ3n) is 4.21. The minimum atomic E-state index is -0.549. The number of carbonyl (C=O) groups excluding carboxylic acids is 1. The predicted octanol–water partition coefficient (Wildman–Crippen LogP) is 2.25. The Morgan fingerprint density at radius 3 is 2.48 bits per heavy atom. The molecule has 0 aromatic heterocycles. The second kappa shape index (κ2) is 6.43. The first-order valence-electron chi connectivity index (χ1n) is 7.62. The molecule has 2 aromatic rings. The minimum Gasteiger partial charge on any atom is -0.504 e. The standard InChI is InChI=1S/C18H18O7/c1-23-12-6-9(3-4-11(12)19)5-10-8-25-13-7-14(24-2)17(21)18(22)15(13)16(10)20/h3-4,6-7,10,19,21-22H,5,8H2,1-2H3. The van der Waals surface area contributed by atoms with Crippen molar-refractivity contribution < 1.29 is 34.3 Å². The Balaban J connectivity index is 1.91. The lowest BCUT2D eigenvalue weighted by molar-refractivity contribution is 0.0824. The maximum Gasteiger partial charge on any atom is 0.201 e. The fourth-order valence-electron chi connectivity index (χ4n) is 2.87. The van der Waals surface area contributed by atoms with E-state index in [1.54, 1.807) is 12.1 Å². The molecule has 0 bridgehead atoms. The van der Waals surface area contributed by atoms with Crippen molar-refractivity contribution in [2.24, 2.45) is 5.92 Å². The highest BCUT2D eigenvalue weighted by Gasteiger charge is 2.34. The monoisotopic (exact) mass is 346 g/mol. The van der Waals surface area contributed by atoms with Crippen molar-refractivity contribution in [1.29, 1.82) is 0 Å². The molecule has 25 heavy (non-hydrogen) atoms. The van der Waals surface area contributed by atoms with Gasteiger partial charge < -0.3 is 29.5 Å². The topological polar surface area (TPSA) is 105 Å². The van der Waals surface area contributed by atoms with E-state index < -0.39 is 17.4 Å². The van der Waals surface area contributed by atoms with Gasteiger partial charge in [0.2, 0.25) is 5.75 Å². The number of phenols is 3. The molecule has 0 fully saturated rings. The molecule has 1 atom stereocenters. The largest absolute Gasteiger partial charge is 0.504 e. The molecule has 1 aliphatic heterocycles. The molecule has 3 rings (SSSR count). The van der Waals surface area contributed by atoms with E-state index in [0.717, 1.165) is 5.56 Å². The zero-order valence-electron chi connectivity index (χ0n) is 13.8. The summed E-state index contributed by atoms with van der Waals surface area (Å²) in [7, 11) is 2.78. The molecule has 2 aromatic carbocycles. The van der Waals surface area contributed by atoms with Crippen molar-refractivity contribution in [2.45, 2.75) is 6.42 Å². The molecule has 7 heteroatoms. The van der Waals surface area contributed by atoms with E-state index in [4.69, 9.17) is 14.2 Å². The van der Waals surface area contributed by atoms with Crippen molar-refractivity contribution in [3.63, 3.8) is 0 Å². The number of hydrogen-bond donors (Lipinski definition) is 3. The first-order chi connectivity index (χ1) is 12.0. The first kappa shape index (κ1) is 16.8. The van der Waals surface area contributed by atoms with Gasteiger partial charge in [0, 0.05) is 6.07 Å². The number of phenolic OH excluding ortho intramolecular Hbond substituents is 3. The predicted molar refractivity (Wildman–Crippen MR) is 88.0 cm³/mol. The highest BCUT2D eigenvalue weighted by molar-refractivity contribution is 6.05. The van der Waals surface area contributed by atoms with Crippen LogP contribution in [0.2, 0.25) is 0 Å². The molecule has 0 aliphatic carbocycles. The summed E-state index contributed by atoms with van der Waals surface area (Å²) in [5, 5.41) is 29.7. The molecule has 0 saturated heterocycles. The fraction of sp³-hybridized carbons (Fsp3) is 0.278. The third kappa shape index (κ3) is 2.88. The first-order valence-corrected chi connectivity index (χ1v) is 7.62. The van der Waals surface area contributed by atoms with Crippen LogP contribution in [0.3, 0.4) is 0 Å². The number of benzene rings is 2. The van der Waals surface area contributed by atoms with Crippen LogP contribution in [-0.2, 0) is 6.42 Å². The van der Waals surface area contributed by atoms with Gasteiger partial charge in [0.15, 0.2) is 28.8 Å². The number of fused-ring (bicyclic) bond motifs is 1. The number of aromatic hydroxyl groups is 3. The maximum atomic E-state index is 12.7. The van der Waals surface area contributed by atoms with Gasteiger partial charge in [0.25, 0.3) is 0 Å². The Morgan fingerprint density at radius 1 is 1.08 bits per heavy atom. The van der Waals surface area contributed by atoms with E-state index in [1.807, 2.05) is 0 Å². The molecule has 3 N–H and O–H groups in total. The second-order valence-electron chi connectivity index (χ2n) is 5.73. The number of carbonyl (C=O) groups is 1. The lowest BCUT2D eigenvalue weighted by atomic mass is 9.88. The van der Waals surface area contributed by atoms with Crippen LogP contribution in [0, 0.1) is 5.92 Å². The van der Waals surface area contributed by atoms with Crippen LogP contribution in [0.15, 0.2) is 24.3 Å². The van der Waals surface area contributed by atoms with E-state index in [9.17, 15) is 20.1 Å². The van der Waals surface area contributed by atoms with Gasteiger partial charge in [0.1, 0.15) is 11.3 Å². The molecule has 0 saturated carbocycles. The number of ether oxygens (including phenoxy) is 3. The molecule has 1 aliphatic rings. The summed E-state index contributed by atoms with van der Waals surface area (Å²) in [6.45, 7) is 0.127. The Bertz CT molecular complexity index is 829. The van der Waals surface area contributed by atoms with Crippen LogP contribution >= 0.6 is 0 Å². The third-order valence-corrected chi connectivity index (χ3v) is 4.21. The van der Waals surface area contributed by atoms with E-state index in [0.29, 0.717) is 12.2 Å². The van der Waals surface area contributed by atoms with Crippen molar-refractivity contribution in [3.05, 3.63) is 35.4 Å². The molecular weight excluding hydrogens is 328 g/mol. The van der Waals surface area contributed by atoms with Gasteiger partial charge in [-0.15, -0.1) is 0 Å². The van der Waals surface area contributed by atoms with Crippen LogP contribution in [0.25, 0.3) is 0 Å². The highest BCUT2D eigenvalue weighted by atomic mass is 16.5. The summed E-state index contributed by atoms with van der Waals surface area (Å²) in [5.41, 5.74) is 0.720. The normalized spacial score (nSPS) is 16.1. The Hall–Kier alpha value is -3.09. The number of rotatable bonds is 4. The zero-order chi connectivity index (χ0) is 18.1. The summed E-state index contributed by atoms with van der Waals surface area (Å²) in [5.74, 6) is -1.38. The van der Waals surface area contributed by atoms with Crippen molar-refractivity contribution >= 4 is 5.78 Å². The van der Waals surface area contributed by atoms with Crippen molar-refractivity contribution in [1.82, 2.24) is 0 Å². The van der Waals surface area contributed by atoms with Gasteiger partial charge in [-0.2, -0.15) is 0 Å². The Labute approximate surface area is 144 Å². The van der Waals surface area contributed by atoms with Crippen LogP contribution in [-0.4, -0.2) is 41.9 Å². The number of hydrogen-bond acceptors (Lipinski definition) is 7. The summed E-state index contributed by atoms with van der Waals surface area (Å²) in [6.07, 6.45) is 0.334. The number of methoxy groups -OCH3 is 2. The van der Waals surface area contributed by atoms with Crippen LogP contribution in [0.1, 0.15) is 15.9 Å². The second-order valence-corrected chi connectivity index (χ2v) is 5.73. The van der Waals surface area contributed by atoms with Crippen LogP contribution < -0.4 is 14.2 Å². The molecule has 1 unspecified atom stereocenters. The number of Topliss-reactive ketones (excluding diaryl/α,β-unsaturated/α-hetero) is 1.